The summed E-state index contributed by atoms with van der Waals surface area (Å²) in [6.07, 6.45) is 6.03. The summed E-state index contributed by atoms with van der Waals surface area (Å²) in [7, 11) is -1.51. The molecule has 1 rings (SSSR count). The van der Waals surface area contributed by atoms with Crippen LogP contribution < -0.4 is 5.19 Å². The lowest BCUT2D eigenvalue weighted by atomic mass is 10.3. The van der Waals surface area contributed by atoms with Gasteiger partial charge in [-0.1, -0.05) is 88.5 Å². The molecule has 0 aromatic heterocycles. The second kappa shape index (κ2) is 8.40. The lowest BCUT2D eigenvalue weighted by molar-refractivity contribution is 0.121. The van der Waals surface area contributed by atoms with Crippen molar-refractivity contribution in [2.75, 3.05) is 6.61 Å². The zero-order valence-electron chi connectivity index (χ0n) is 12.5. The summed E-state index contributed by atoms with van der Waals surface area (Å²) in [6, 6.07) is 10.7. The quantitative estimate of drug-likeness (QED) is 0.397. The summed E-state index contributed by atoms with van der Waals surface area (Å²) >= 11 is 3.56. The van der Waals surface area contributed by atoms with Crippen LogP contribution in [-0.2, 0) is 4.74 Å². The molecule has 1 aromatic rings. The van der Waals surface area contributed by atoms with E-state index in [0.29, 0.717) is 6.61 Å². The third-order valence-corrected chi connectivity index (χ3v) is 6.89. The molecule has 1 unspecified atom stereocenters. The van der Waals surface area contributed by atoms with Gasteiger partial charge in [0.25, 0.3) is 0 Å². The summed E-state index contributed by atoms with van der Waals surface area (Å²) in [5, 5.41) is 1.44. The minimum atomic E-state index is -1.51. The minimum Gasteiger partial charge on any atom is -0.369 e. The molecule has 0 amide bonds. The monoisotopic (exact) mass is 350 g/mol. The summed E-state index contributed by atoms with van der Waals surface area (Å²) in [4.78, 5) is 0. The van der Waals surface area contributed by atoms with Crippen molar-refractivity contribution in [3.05, 3.63) is 65.3 Å². The largest absolute Gasteiger partial charge is 0.369 e. The van der Waals surface area contributed by atoms with Crippen LogP contribution in [-0.4, -0.2) is 20.8 Å². The number of rotatable bonds is 7. The van der Waals surface area contributed by atoms with Crippen molar-refractivity contribution in [1.29, 1.82) is 0 Å². The topological polar surface area (TPSA) is 9.23 Å². The van der Waals surface area contributed by atoms with E-state index in [1.165, 1.54) is 5.19 Å². The van der Waals surface area contributed by atoms with Gasteiger partial charge in [0.15, 0.2) is 0 Å². The zero-order chi connectivity index (χ0) is 15.0. The van der Waals surface area contributed by atoms with Gasteiger partial charge < -0.3 is 4.74 Å². The first-order chi connectivity index (χ1) is 9.47. The van der Waals surface area contributed by atoms with Crippen LogP contribution in [0, 0.1) is 0 Å². The predicted molar refractivity (Wildman–Crippen MR) is 95.3 cm³/mol. The number of hydrogen-bond acceptors (Lipinski definition) is 1. The molecular formula is C17H23BrOSi. The van der Waals surface area contributed by atoms with Crippen LogP contribution in [0.5, 0.6) is 0 Å². The van der Waals surface area contributed by atoms with Crippen molar-refractivity contribution < 1.29 is 4.74 Å². The van der Waals surface area contributed by atoms with Crippen LogP contribution in [0.4, 0.5) is 0 Å². The van der Waals surface area contributed by atoms with E-state index >= 15 is 0 Å². The normalized spacial score (nSPS) is 14.5. The van der Waals surface area contributed by atoms with Gasteiger partial charge in [-0.25, -0.2) is 0 Å². The van der Waals surface area contributed by atoms with Crippen molar-refractivity contribution in [2.24, 2.45) is 0 Å². The Bertz CT molecular complexity index is 477. The summed E-state index contributed by atoms with van der Waals surface area (Å²) in [6.45, 7) is 10.9. The molecular weight excluding hydrogens is 328 g/mol. The molecule has 3 heteroatoms. The molecule has 0 aliphatic rings. The van der Waals surface area contributed by atoms with Gasteiger partial charge in [0.2, 0.25) is 0 Å². The summed E-state index contributed by atoms with van der Waals surface area (Å²) in [5.41, 5.74) is 2.34. The van der Waals surface area contributed by atoms with Crippen LogP contribution >= 0.6 is 15.9 Å². The number of halogens is 1. The lowest BCUT2D eigenvalue weighted by Gasteiger charge is -2.18. The molecule has 0 aliphatic carbocycles. The smallest absolute Gasteiger partial charge is 0.104 e. The van der Waals surface area contributed by atoms with Crippen molar-refractivity contribution in [3.63, 3.8) is 0 Å². The molecule has 1 aromatic carbocycles. The van der Waals surface area contributed by atoms with Gasteiger partial charge in [0.1, 0.15) is 8.07 Å². The highest BCUT2D eigenvalue weighted by atomic mass is 79.9. The highest BCUT2D eigenvalue weighted by Gasteiger charge is 2.18. The van der Waals surface area contributed by atoms with E-state index in [9.17, 15) is 0 Å². The van der Waals surface area contributed by atoms with Gasteiger partial charge in [-0.05, 0) is 6.92 Å². The van der Waals surface area contributed by atoms with E-state index in [4.69, 9.17) is 4.74 Å². The van der Waals surface area contributed by atoms with E-state index in [2.05, 4.69) is 83.8 Å². The van der Waals surface area contributed by atoms with Gasteiger partial charge in [-0.15, -0.1) is 6.58 Å². The number of ether oxygens (including phenoxy) is 1. The van der Waals surface area contributed by atoms with E-state index in [-0.39, 0.29) is 6.10 Å². The molecule has 0 fully saturated rings. The molecule has 0 heterocycles. The molecule has 1 atom stereocenters. The Balaban J connectivity index is 2.69. The Labute approximate surface area is 132 Å². The van der Waals surface area contributed by atoms with Crippen LogP contribution in [0.25, 0.3) is 0 Å². The average molecular weight is 351 g/mol. The molecule has 0 bridgehead atoms. The van der Waals surface area contributed by atoms with Crippen LogP contribution in [0.1, 0.15) is 6.92 Å². The van der Waals surface area contributed by atoms with Gasteiger partial charge >= 0.3 is 0 Å². The maximum atomic E-state index is 5.56. The predicted octanol–water partition coefficient (Wildman–Crippen LogP) is 4.57. The molecule has 108 valence electrons. The maximum Gasteiger partial charge on any atom is 0.104 e. The first-order valence-electron chi connectivity index (χ1n) is 6.80. The van der Waals surface area contributed by atoms with Crippen LogP contribution in [0.2, 0.25) is 13.1 Å². The second-order valence-electron chi connectivity index (χ2n) is 5.26. The Morgan fingerprint density at radius 3 is 2.60 bits per heavy atom. The van der Waals surface area contributed by atoms with Crippen molar-refractivity contribution in [1.82, 2.24) is 0 Å². The summed E-state index contributed by atoms with van der Waals surface area (Å²) < 4.78 is 6.61. The molecule has 0 saturated heterocycles. The molecule has 0 aliphatic heterocycles. The van der Waals surface area contributed by atoms with Crippen LogP contribution in [0.3, 0.4) is 0 Å². The summed E-state index contributed by atoms with van der Waals surface area (Å²) in [5.74, 6) is 0. The number of allylic oxidation sites excluding steroid dienone is 2. The van der Waals surface area contributed by atoms with E-state index in [1.807, 2.05) is 6.92 Å². The van der Waals surface area contributed by atoms with Gasteiger partial charge in [-0.3, -0.25) is 0 Å². The minimum absolute atomic E-state index is 0.0548. The molecule has 20 heavy (non-hydrogen) atoms. The first kappa shape index (κ1) is 17.1. The van der Waals surface area contributed by atoms with E-state index < -0.39 is 8.07 Å². The Morgan fingerprint density at radius 1 is 1.35 bits per heavy atom. The molecule has 0 saturated carbocycles. The SMILES string of the molecule is C=CCOC(C)/C(Br)=C/C=C/[Si](C)(C)c1ccccc1. The zero-order valence-corrected chi connectivity index (χ0v) is 15.1. The fourth-order valence-electron chi connectivity index (χ4n) is 1.77. The standard InChI is InChI=1S/C17H23BrOSi/c1-5-13-19-15(2)17(18)12-9-14-20(3,4)16-10-7-6-8-11-16/h5-12,14-15H,1,13H2,2-4H3/b14-9+,17-12-. The third kappa shape index (κ3) is 5.61. The Kier molecular flexibility index (Phi) is 7.20. The van der Waals surface area contributed by atoms with E-state index in [0.717, 1.165) is 4.48 Å². The fourth-order valence-corrected chi connectivity index (χ4v) is 3.88. The van der Waals surface area contributed by atoms with Gasteiger partial charge in [0.05, 0.1) is 12.7 Å². The highest BCUT2D eigenvalue weighted by molar-refractivity contribution is 9.11. The molecule has 0 radical (unpaired) electrons. The molecule has 0 spiro atoms. The van der Waals surface area contributed by atoms with Crippen LogP contribution in [0.15, 0.2) is 65.3 Å². The highest BCUT2D eigenvalue weighted by Crippen LogP contribution is 2.15. The van der Waals surface area contributed by atoms with Crippen molar-refractivity contribution in [3.8, 4) is 0 Å². The lowest BCUT2D eigenvalue weighted by Crippen LogP contribution is -2.39. The molecule has 0 N–H and O–H groups in total. The van der Waals surface area contributed by atoms with Crippen molar-refractivity contribution >= 4 is 29.2 Å². The Morgan fingerprint density at radius 2 is 2.00 bits per heavy atom. The third-order valence-electron chi connectivity index (χ3n) is 3.14. The van der Waals surface area contributed by atoms with Crippen molar-refractivity contribution in [2.45, 2.75) is 26.1 Å². The van der Waals surface area contributed by atoms with E-state index in [1.54, 1.807) is 6.08 Å². The Hall–Kier alpha value is -0.903. The van der Waals surface area contributed by atoms with Gasteiger partial charge in [0, 0.05) is 4.48 Å². The fraction of sp³-hybridized carbons (Fsp3) is 0.294. The molecule has 1 nitrogen and oxygen atoms in total. The maximum absolute atomic E-state index is 5.56. The van der Waals surface area contributed by atoms with Gasteiger partial charge in [-0.2, -0.15) is 0 Å². The number of benzene rings is 1. The number of hydrogen-bond donors (Lipinski definition) is 0. The second-order valence-corrected chi connectivity index (χ2v) is 10.5. The first-order valence-corrected chi connectivity index (χ1v) is 10.7. The average Bonchev–Trinajstić information content (AvgIpc) is 2.45.